The molecule has 0 unspecified atom stereocenters. The minimum Gasteiger partial charge on any atom is -0.465 e. The fourth-order valence-corrected chi connectivity index (χ4v) is 6.10. The van der Waals surface area contributed by atoms with Crippen molar-refractivity contribution in [2.45, 2.75) is 52.5 Å². The first-order valence-corrected chi connectivity index (χ1v) is 12.3. The molecule has 31 heavy (non-hydrogen) atoms. The largest absolute Gasteiger partial charge is 0.465 e. The van der Waals surface area contributed by atoms with Gasteiger partial charge in [-0.25, -0.2) is 4.79 Å². The monoisotopic (exact) mass is 477 g/mol. The molecule has 9 heteroatoms. The smallest absolute Gasteiger partial charge is 0.341 e. The number of ether oxygens (including phenoxy) is 1. The normalized spacial score (nSPS) is 13.5. The van der Waals surface area contributed by atoms with Gasteiger partial charge in [-0.3, -0.25) is 9.48 Å². The Labute approximate surface area is 194 Å². The van der Waals surface area contributed by atoms with Gasteiger partial charge in [-0.1, -0.05) is 18.0 Å². The lowest BCUT2D eigenvalue weighted by molar-refractivity contribution is 0.0601. The topological polar surface area (TPSA) is 73.2 Å². The van der Waals surface area contributed by atoms with Crippen molar-refractivity contribution in [3.05, 3.63) is 54.3 Å². The maximum absolute atomic E-state index is 13.0. The van der Waals surface area contributed by atoms with Crippen LogP contribution in [0.4, 0.5) is 5.00 Å². The summed E-state index contributed by atoms with van der Waals surface area (Å²) in [6.45, 7) is 4.35. The van der Waals surface area contributed by atoms with Crippen molar-refractivity contribution in [1.29, 1.82) is 0 Å². The molecule has 6 nitrogen and oxygen atoms in total. The van der Waals surface area contributed by atoms with E-state index in [1.165, 1.54) is 34.7 Å². The summed E-state index contributed by atoms with van der Waals surface area (Å²) in [7, 11) is 1.38. The van der Waals surface area contributed by atoms with Gasteiger partial charge < -0.3 is 10.1 Å². The molecular weight excluding hydrogens is 454 g/mol. The maximum Gasteiger partial charge on any atom is 0.341 e. The van der Waals surface area contributed by atoms with E-state index in [2.05, 4.69) is 10.4 Å². The molecule has 0 bridgehead atoms. The van der Waals surface area contributed by atoms with Crippen LogP contribution in [0, 0.1) is 13.8 Å². The number of fused-ring (bicyclic) bond motifs is 1. The Morgan fingerprint density at radius 2 is 2.03 bits per heavy atom. The number of hydrogen-bond donors (Lipinski definition) is 1. The van der Waals surface area contributed by atoms with Crippen molar-refractivity contribution in [3.8, 4) is 0 Å². The van der Waals surface area contributed by atoms with E-state index < -0.39 is 0 Å². The standard InChI is InChI=1S/C22H24ClN3O3S2/c1-12-19(23)13(2)26(25-12)10-14-9-17(30-11-14)20(27)24-21-18(22(28)29-3)15-7-5-4-6-8-16(15)31-21/h9,11H,4-8,10H2,1-3H3,(H,24,27). The van der Waals surface area contributed by atoms with Gasteiger partial charge in [-0.15, -0.1) is 22.7 Å². The summed E-state index contributed by atoms with van der Waals surface area (Å²) in [6.07, 6.45) is 5.09. The Bertz CT molecular complexity index is 1150. The molecule has 3 aromatic rings. The van der Waals surface area contributed by atoms with Gasteiger partial charge in [0.1, 0.15) is 5.00 Å². The number of esters is 1. The zero-order valence-electron chi connectivity index (χ0n) is 17.7. The highest BCUT2D eigenvalue weighted by Crippen LogP contribution is 2.38. The van der Waals surface area contributed by atoms with Crippen LogP contribution in [-0.2, 0) is 24.1 Å². The third-order valence-corrected chi connectivity index (χ3v) is 8.27. The molecule has 1 aliphatic rings. The molecule has 3 aromatic heterocycles. The molecule has 1 aliphatic carbocycles. The first kappa shape index (κ1) is 22.0. The highest BCUT2D eigenvalue weighted by Gasteiger charge is 2.26. The quantitative estimate of drug-likeness (QED) is 0.381. The fourth-order valence-electron chi connectivity index (χ4n) is 3.89. The number of rotatable bonds is 5. The summed E-state index contributed by atoms with van der Waals surface area (Å²) < 4.78 is 6.86. The van der Waals surface area contributed by atoms with Gasteiger partial charge in [0.05, 0.1) is 40.5 Å². The summed E-state index contributed by atoms with van der Waals surface area (Å²) in [5.74, 6) is -0.604. The summed E-state index contributed by atoms with van der Waals surface area (Å²) in [5, 5.41) is 10.6. The zero-order valence-corrected chi connectivity index (χ0v) is 20.1. The molecule has 0 saturated carbocycles. The maximum atomic E-state index is 13.0. The number of carbonyl (C=O) groups excluding carboxylic acids is 2. The highest BCUT2D eigenvalue weighted by atomic mass is 35.5. The van der Waals surface area contributed by atoms with Gasteiger partial charge in [-0.05, 0) is 62.1 Å². The first-order valence-electron chi connectivity index (χ1n) is 10.2. The number of aryl methyl sites for hydroxylation is 2. The van der Waals surface area contributed by atoms with Crippen LogP contribution in [0.5, 0.6) is 0 Å². The number of amides is 1. The average molecular weight is 478 g/mol. The minimum absolute atomic E-state index is 0.218. The second-order valence-electron chi connectivity index (χ2n) is 7.68. The summed E-state index contributed by atoms with van der Waals surface area (Å²) in [5.41, 5.74) is 4.23. The molecule has 0 spiro atoms. The third-order valence-electron chi connectivity index (χ3n) is 5.54. The molecule has 1 N–H and O–H groups in total. The van der Waals surface area contributed by atoms with E-state index in [0.29, 0.717) is 27.0 Å². The van der Waals surface area contributed by atoms with Crippen LogP contribution in [-0.4, -0.2) is 28.8 Å². The predicted molar refractivity (Wildman–Crippen MR) is 125 cm³/mol. The molecule has 0 atom stereocenters. The fraction of sp³-hybridized carbons (Fsp3) is 0.409. The molecule has 1 amide bonds. The highest BCUT2D eigenvalue weighted by molar-refractivity contribution is 7.17. The van der Waals surface area contributed by atoms with Crippen molar-refractivity contribution in [3.63, 3.8) is 0 Å². The first-order chi connectivity index (χ1) is 14.9. The molecule has 3 heterocycles. The van der Waals surface area contributed by atoms with Gasteiger partial charge in [0, 0.05) is 4.88 Å². The summed E-state index contributed by atoms with van der Waals surface area (Å²) in [4.78, 5) is 27.2. The number of halogens is 1. The second-order valence-corrected chi connectivity index (χ2v) is 10.1. The number of thiophene rings is 2. The van der Waals surface area contributed by atoms with E-state index in [-0.39, 0.29) is 11.9 Å². The number of carbonyl (C=O) groups is 2. The Morgan fingerprint density at radius 1 is 1.26 bits per heavy atom. The molecule has 164 valence electrons. The summed E-state index contributed by atoms with van der Waals surface area (Å²) in [6, 6.07) is 1.86. The van der Waals surface area contributed by atoms with E-state index >= 15 is 0 Å². The molecule has 0 fully saturated rings. The number of nitrogens with one attached hydrogen (secondary N) is 1. The molecule has 0 saturated heterocycles. The van der Waals surface area contributed by atoms with Crippen LogP contribution in [0.3, 0.4) is 0 Å². The summed E-state index contributed by atoms with van der Waals surface area (Å²) >= 11 is 9.11. The van der Waals surface area contributed by atoms with E-state index in [0.717, 1.165) is 54.6 Å². The Kier molecular flexibility index (Phi) is 6.50. The molecule has 0 aliphatic heterocycles. The number of nitrogens with zero attached hydrogens (tertiary/aromatic N) is 2. The van der Waals surface area contributed by atoms with Gasteiger partial charge in [-0.2, -0.15) is 5.10 Å². The van der Waals surface area contributed by atoms with Gasteiger partial charge in [0.15, 0.2) is 0 Å². The van der Waals surface area contributed by atoms with Crippen molar-refractivity contribution in [2.75, 3.05) is 12.4 Å². The van der Waals surface area contributed by atoms with Crippen LogP contribution in [0.15, 0.2) is 11.4 Å². The van der Waals surface area contributed by atoms with Gasteiger partial charge in [0.2, 0.25) is 0 Å². The van der Waals surface area contributed by atoms with Gasteiger partial charge in [0.25, 0.3) is 5.91 Å². The second kappa shape index (κ2) is 9.14. The van der Waals surface area contributed by atoms with E-state index in [9.17, 15) is 9.59 Å². The Hall–Kier alpha value is -2.16. The van der Waals surface area contributed by atoms with Crippen LogP contribution >= 0.6 is 34.3 Å². The lowest BCUT2D eigenvalue weighted by atomic mass is 10.1. The SMILES string of the molecule is COC(=O)c1c(NC(=O)c2cc(Cn3nc(C)c(Cl)c3C)cs2)sc2c1CCCCC2. The lowest BCUT2D eigenvalue weighted by Gasteiger charge is -2.06. The van der Waals surface area contributed by atoms with Crippen molar-refractivity contribution >= 4 is 51.2 Å². The Balaban J connectivity index is 1.55. The van der Waals surface area contributed by atoms with Crippen molar-refractivity contribution < 1.29 is 14.3 Å². The van der Waals surface area contributed by atoms with Crippen LogP contribution in [0.25, 0.3) is 0 Å². The van der Waals surface area contributed by atoms with Crippen LogP contribution in [0.2, 0.25) is 5.02 Å². The van der Waals surface area contributed by atoms with Crippen molar-refractivity contribution in [2.24, 2.45) is 0 Å². The molecule has 0 aromatic carbocycles. The van der Waals surface area contributed by atoms with Crippen molar-refractivity contribution in [1.82, 2.24) is 9.78 Å². The van der Waals surface area contributed by atoms with Gasteiger partial charge >= 0.3 is 5.97 Å². The number of aromatic nitrogens is 2. The number of anilines is 1. The number of methoxy groups -OCH3 is 1. The lowest BCUT2D eigenvalue weighted by Crippen LogP contribution is -2.13. The van der Waals surface area contributed by atoms with E-state index in [4.69, 9.17) is 16.3 Å². The number of hydrogen-bond acceptors (Lipinski definition) is 6. The molecule has 4 rings (SSSR count). The Morgan fingerprint density at radius 3 is 2.74 bits per heavy atom. The minimum atomic E-state index is -0.386. The van der Waals surface area contributed by atoms with E-state index in [1.54, 1.807) is 0 Å². The van der Waals surface area contributed by atoms with Crippen LogP contribution in [0.1, 0.15) is 66.7 Å². The third kappa shape index (κ3) is 4.42. The molecular formula is C22H24ClN3O3S2. The zero-order chi connectivity index (χ0) is 22.1. The average Bonchev–Trinajstić information content (AvgIpc) is 3.36. The molecule has 0 radical (unpaired) electrons. The van der Waals surface area contributed by atoms with E-state index in [1.807, 2.05) is 30.0 Å². The predicted octanol–water partition coefficient (Wildman–Crippen LogP) is 5.63. The van der Waals surface area contributed by atoms with Crippen LogP contribution < -0.4 is 5.32 Å².